The van der Waals surface area contributed by atoms with E-state index in [0.29, 0.717) is 11.3 Å². The molecule has 0 bridgehead atoms. The first-order valence-electron chi connectivity index (χ1n) is 7.87. The molecule has 1 aliphatic heterocycles. The molecule has 2 aromatic rings. The normalized spacial score (nSPS) is 13.8. The lowest BCUT2D eigenvalue weighted by atomic mass is 10.2. The number of hydrogen-bond acceptors (Lipinski definition) is 3. The van der Waals surface area contributed by atoms with Crippen molar-refractivity contribution in [2.75, 3.05) is 18.4 Å². The van der Waals surface area contributed by atoms with Crippen LogP contribution >= 0.6 is 15.9 Å². The molecule has 1 aliphatic rings. The van der Waals surface area contributed by atoms with Gasteiger partial charge in [-0.15, -0.1) is 0 Å². The minimum absolute atomic E-state index is 0.0385. The maximum Gasteiger partial charge on any atom is 0.274 e. The van der Waals surface area contributed by atoms with E-state index in [1.807, 2.05) is 30.0 Å². The third-order valence-corrected chi connectivity index (χ3v) is 4.94. The Balaban J connectivity index is 1.76. The molecule has 124 valence electrons. The Bertz CT molecular complexity index is 786. The SMILES string of the molecule is Cc1cc(NC(=O)c2cc(C(=O)N3CCCC3)ccn2)ccc1Br. The van der Waals surface area contributed by atoms with Gasteiger partial charge in [0.15, 0.2) is 0 Å². The summed E-state index contributed by atoms with van der Waals surface area (Å²) in [5.74, 6) is -0.365. The van der Waals surface area contributed by atoms with Crippen LogP contribution in [0.4, 0.5) is 5.69 Å². The van der Waals surface area contributed by atoms with Crippen molar-refractivity contribution in [2.24, 2.45) is 0 Å². The summed E-state index contributed by atoms with van der Waals surface area (Å²) in [4.78, 5) is 30.7. The number of amides is 2. The molecule has 2 amide bonds. The van der Waals surface area contributed by atoms with Crippen molar-refractivity contribution in [3.63, 3.8) is 0 Å². The van der Waals surface area contributed by atoms with E-state index in [1.54, 1.807) is 12.1 Å². The summed E-state index contributed by atoms with van der Waals surface area (Å²) < 4.78 is 0.983. The number of carbonyl (C=O) groups excluding carboxylic acids is 2. The van der Waals surface area contributed by atoms with Crippen LogP contribution in [-0.4, -0.2) is 34.8 Å². The standard InChI is InChI=1S/C18H18BrN3O2/c1-12-10-14(4-5-15(12)19)21-17(23)16-11-13(6-7-20-16)18(24)22-8-2-3-9-22/h4-7,10-11H,2-3,8-9H2,1H3,(H,21,23). The highest BCUT2D eigenvalue weighted by molar-refractivity contribution is 9.10. The molecule has 1 N–H and O–H groups in total. The topological polar surface area (TPSA) is 62.3 Å². The third kappa shape index (κ3) is 3.64. The first-order chi connectivity index (χ1) is 11.5. The minimum atomic E-state index is -0.326. The summed E-state index contributed by atoms with van der Waals surface area (Å²) in [5, 5.41) is 2.81. The van der Waals surface area contributed by atoms with Gasteiger partial charge in [0.25, 0.3) is 11.8 Å². The first-order valence-corrected chi connectivity index (χ1v) is 8.67. The Morgan fingerprint density at radius 3 is 2.62 bits per heavy atom. The molecule has 0 unspecified atom stereocenters. The average Bonchev–Trinajstić information content (AvgIpc) is 3.12. The van der Waals surface area contributed by atoms with Gasteiger partial charge in [-0.25, -0.2) is 0 Å². The maximum atomic E-state index is 12.4. The van der Waals surface area contributed by atoms with Crippen LogP contribution in [0.1, 0.15) is 39.3 Å². The predicted octanol–water partition coefficient (Wildman–Crippen LogP) is 3.64. The number of likely N-dealkylation sites (tertiary alicyclic amines) is 1. The van der Waals surface area contributed by atoms with Crippen LogP contribution in [0, 0.1) is 6.92 Å². The largest absolute Gasteiger partial charge is 0.339 e. The fraction of sp³-hybridized carbons (Fsp3) is 0.278. The van der Waals surface area contributed by atoms with Gasteiger partial charge in [0.05, 0.1) is 0 Å². The molecular formula is C18H18BrN3O2. The minimum Gasteiger partial charge on any atom is -0.339 e. The molecule has 1 fully saturated rings. The zero-order valence-corrected chi connectivity index (χ0v) is 15.0. The summed E-state index contributed by atoms with van der Waals surface area (Å²) in [6.45, 7) is 3.51. The van der Waals surface area contributed by atoms with Gasteiger partial charge >= 0.3 is 0 Å². The average molecular weight is 388 g/mol. The van der Waals surface area contributed by atoms with Crippen LogP contribution in [-0.2, 0) is 0 Å². The number of rotatable bonds is 3. The number of aryl methyl sites for hydroxylation is 1. The molecule has 0 aliphatic carbocycles. The number of nitrogens with zero attached hydrogens (tertiary/aromatic N) is 2. The molecule has 6 heteroatoms. The van der Waals surface area contributed by atoms with E-state index in [2.05, 4.69) is 26.2 Å². The fourth-order valence-corrected chi connectivity index (χ4v) is 2.95. The van der Waals surface area contributed by atoms with Crippen LogP contribution in [0.5, 0.6) is 0 Å². The van der Waals surface area contributed by atoms with Crippen molar-refractivity contribution in [3.05, 3.63) is 57.8 Å². The Morgan fingerprint density at radius 1 is 1.17 bits per heavy atom. The number of benzene rings is 1. The Kier molecular flexibility index (Phi) is 4.94. The van der Waals surface area contributed by atoms with Gasteiger partial charge in [-0.05, 0) is 55.7 Å². The first kappa shape index (κ1) is 16.6. The predicted molar refractivity (Wildman–Crippen MR) is 96.2 cm³/mol. The van der Waals surface area contributed by atoms with Crippen molar-refractivity contribution in [1.82, 2.24) is 9.88 Å². The van der Waals surface area contributed by atoms with Crippen molar-refractivity contribution in [3.8, 4) is 0 Å². The molecule has 0 radical (unpaired) electrons. The molecular weight excluding hydrogens is 370 g/mol. The number of hydrogen-bond donors (Lipinski definition) is 1. The Hall–Kier alpha value is -2.21. The second kappa shape index (κ2) is 7.13. The second-order valence-electron chi connectivity index (χ2n) is 5.85. The molecule has 0 atom stereocenters. The number of halogens is 1. The maximum absolute atomic E-state index is 12.4. The van der Waals surface area contributed by atoms with Gasteiger partial charge in [0.2, 0.25) is 0 Å². The smallest absolute Gasteiger partial charge is 0.274 e. The summed E-state index contributed by atoms with van der Waals surface area (Å²) in [6, 6.07) is 8.78. The summed E-state index contributed by atoms with van der Waals surface area (Å²) in [5.41, 5.74) is 2.46. The van der Waals surface area contributed by atoms with Crippen LogP contribution in [0.3, 0.4) is 0 Å². The molecule has 1 aromatic heterocycles. The Labute approximate surface area is 149 Å². The number of aromatic nitrogens is 1. The summed E-state index contributed by atoms with van der Waals surface area (Å²) in [7, 11) is 0. The summed E-state index contributed by atoms with van der Waals surface area (Å²) in [6.07, 6.45) is 3.57. The van der Waals surface area contributed by atoms with Crippen LogP contribution < -0.4 is 5.32 Å². The monoisotopic (exact) mass is 387 g/mol. The van der Waals surface area contributed by atoms with Crippen molar-refractivity contribution in [2.45, 2.75) is 19.8 Å². The highest BCUT2D eigenvalue weighted by Gasteiger charge is 2.20. The van der Waals surface area contributed by atoms with E-state index < -0.39 is 0 Å². The van der Waals surface area contributed by atoms with Gasteiger partial charge in [-0.2, -0.15) is 0 Å². The molecule has 5 nitrogen and oxygen atoms in total. The third-order valence-electron chi connectivity index (χ3n) is 4.05. The van der Waals surface area contributed by atoms with Crippen molar-refractivity contribution >= 4 is 33.4 Å². The van der Waals surface area contributed by atoms with Crippen LogP contribution in [0.15, 0.2) is 41.0 Å². The lowest BCUT2D eigenvalue weighted by Gasteiger charge is -2.15. The zero-order valence-electron chi connectivity index (χ0n) is 13.4. The fourth-order valence-electron chi connectivity index (χ4n) is 2.71. The highest BCUT2D eigenvalue weighted by atomic mass is 79.9. The van der Waals surface area contributed by atoms with Gasteiger partial charge < -0.3 is 10.2 Å². The van der Waals surface area contributed by atoms with E-state index >= 15 is 0 Å². The molecule has 24 heavy (non-hydrogen) atoms. The van der Waals surface area contributed by atoms with Gasteiger partial charge in [-0.1, -0.05) is 15.9 Å². The van der Waals surface area contributed by atoms with E-state index in [-0.39, 0.29) is 17.5 Å². The van der Waals surface area contributed by atoms with Crippen LogP contribution in [0.2, 0.25) is 0 Å². The number of carbonyl (C=O) groups is 2. The number of anilines is 1. The Morgan fingerprint density at radius 2 is 1.92 bits per heavy atom. The quantitative estimate of drug-likeness (QED) is 0.874. The van der Waals surface area contributed by atoms with Gasteiger partial charge in [0, 0.05) is 35.0 Å². The van der Waals surface area contributed by atoms with E-state index in [0.717, 1.165) is 36.0 Å². The number of nitrogens with one attached hydrogen (secondary N) is 1. The van der Waals surface area contributed by atoms with E-state index in [1.165, 1.54) is 6.20 Å². The number of pyridine rings is 1. The summed E-state index contributed by atoms with van der Waals surface area (Å²) >= 11 is 3.43. The molecule has 1 saturated heterocycles. The van der Waals surface area contributed by atoms with Crippen molar-refractivity contribution < 1.29 is 9.59 Å². The molecule has 0 saturated carbocycles. The van der Waals surface area contributed by atoms with Crippen LogP contribution in [0.25, 0.3) is 0 Å². The molecule has 0 spiro atoms. The lowest BCUT2D eigenvalue weighted by Crippen LogP contribution is -2.28. The highest BCUT2D eigenvalue weighted by Crippen LogP contribution is 2.20. The molecule has 1 aromatic carbocycles. The van der Waals surface area contributed by atoms with Gasteiger partial charge in [0.1, 0.15) is 5.69 Å². The second-order valence-corrected chi connectivity index (χ2v) is 6.70. The van der Waals surface area contributed by atoms with E-state index in [9.17, 15) is 9.59 Å². The van der Waals surface area contributed by atoms with Gasteiger partial charge in [-0.3, -0.25) is 14.6 Å². The molecule has 3 rings (SSSR count). The molecule has 2 heterocycles. The zero-order chi connectivity index (χ0) is 17.1. The lowest BCUT2D eigenvalue weighted by molar-refractivity contribution is 0.0792. The van der Waals surface area contributed by atoms with E-state index in [4.69, 9.17) is 0 Å². The van der Waals surface area contributed by atoms with Crippen molar-refractivity contribution in [1.29, 1.82) is 0 Å².